The van der Waals surface area contributed by atoms with Gasteiger partial charge in [-0.05, 0) is 54.8 Å². The summed E-state index contributed by atoms with van der Waals surface area (Å²) in [6.07, 6.45) is 0.665. The zero-order valence-electron chi connectivity index (χ0n) is 19.3. The first kappa shape index (κ1) is 24.7. The second kappa shape index (κ2) is 10.5. The molecule has 0 unspecified atom stereocenters. The fraction of sp³-hybridized carbons (Fsp3) is 0.192. The third kappa shape index (κ3) is 5.63. The zero-order valence-corrected chi connectivity index (χ0v) is 21.0. The van der Waals surface area contributed by atoms with Crippen LogP contribution in [0.5, 0.6) is 0 Å². The van der Waals surface area contributed by atoms with E-state index in [4.69, 9.17) is 0 Å². The van der Waals surface area contributed by atoms with Gasteiger partial charge in [0, 0.05) is 12.1 Å². The van der Waals surface area contributed by atoms with Crippen molar-refractivity contribution in [2.24, 2.45) is 4.40 Å². The standard InChI is InChI=1S/C26H25N3O4S2/c1-3-19-13-15-21(16-14-19)35(32,33)28-26-29(20-10-5-4-6-11-20)25(31)23(34-26)17-24(30)27-22-12-8-7-9-18(22)2/h4-16,23H,3,17H2,1-2H3,(H,27,30)/t23-/m0/s1. The minimum absolute atomic E-state index is 0.0226. The van der Waals surface area contributed by atoms with E-state index in [9.17, 15) is 18.0 Å². The Morgan fingerprint density at radius 3 is 2.31 bits per heavy atom. The fourth-order valence-electron chi connectivity index (χ4n) is 3.61. The van der Waals surface area contributed by atoms with Crippen LogP contribution in [0.25, 0.3) is 0 Å². The van der Waals surface area contributed by atoms with Crippen LogP contribution in [0, 0.1) is 6.92 Å². The van der Waals surface area contributed by atoms with Crippen LogP contribution in [0.4, 0.5) is 11.4 Å². The fourth-order valence-corrected chi connectivity index (χ4v) is 5.95. The first-order valence-electron chi connectivity index (χ1n) is 11.1. The van der Waals surface area contributed by atoms with E-state index in [1.807, 2.05) is 32.0 Å². The molecule has 0 bridgehead atoms. The average molecular weight is 508 g/mol. The maximum absolute atomic E-state index is 13.3. The van der Waals surface area contributed by atoms with Crippen molar-refractivity contribution < 1.29 is 18.0 Å². The molecule has 2 amide bonds. The lowest BCUT2D eigenvalue weighted by molar-refractivity contribution is -0.121. The van der Waals surface area contributed by atoms with Crippen molar-refractivity contribution in [3.8, 4) is 0 Å². The van der Waals surface area contributed by atoms with Gasteiger partial charge in [0.1, 0.15) is 5.25 Å². The molecule has 1 aliphatic heterocycles. The molecule has 1 fully saturated rings. The van der Waals surface area contributed by atoms with E-state index in [0.29, 0.717) is 11.4 Å². The van der Waals surface area contributed by atoms with Crippen LogP contribution in [0.3, 0.4) is 0 Å². The van der Waals surface area contributed by atoms with E-state index in [2.05, 4.69) is 9.71 Å². The summed E-state index contributed by atoms with van der Waals surface area (Å²) in [5.41, 5.74) is 3.06. The van der Waals surface area contributed by atoms with E-state index < -0.39 is 21.2 Å². The Morgan fingerprint density at radius 2 is 1.66 bits per heavy atom. The lowest BCUT2D eigenvalue weighted by Gasteiger charge is -2.16. The number of nitrogens with one attached hydrogen (secondary N) is 1. The Labute approximate surface area is 209 Å². The van der Waals surface area contributed by atoms with Gasteiger partial charge in [-0.2, -0.15) is 8.42 Å². The minimum Gasteiger partial charge on any atom is -0.326 e. The third-order valence-corrected chi connectivity index (χ3v) is 8.10. The van der Waals surface area contributed by atoms with E-state index in [-0.39, 0.29) is 22.4 Å². The van der Waals surface area contributed by atoms with Gasteiger partial charge in [-0.1, -0.05) is 67.2 Å². The predicted molar refractivity (Wildman–Crippen MR) is 140 cm³/mol. The van der Waals surface area contributed by atoms with Crippen molar-refractivity contribution in [3.05, 3.63) is 90.0 Å². The van der Waals surface area contributed by atoms with Crippen molar-refractivity contribution in [1.29, 1.82) is 0 Å². The second-order valence-electron chi connectivity index (χ2n) is 8.03. The number of anilines is 2. The number of thioether (sulfide) groups is 1. The predicted octanol–water partition coefficient (Wildman–Crippen LogP) is 4.78. The van der Waals surface area contributed by atoms with Crippen molar-refractivity contribution in [3.63, 3.8) is 0 Å². The molecule has 0 spiro atoms. The largest absolute Gasteiger partial charge is 0.326 e. The van der Waals surface area contributed by atoms with Gasteiger partial charge in [0.25, 0.3) is 10.0 Å². The number of hydrogen-bond donors (Lipinski definition) is 1. The Balaban J connectivity index is 1.62. The first-order valence-corrected chi connectivity index (χ1v) is 13.5. The summed E-state index contributed by atoms with van der Waals surface area (Å²) in [5, 5.41) is 2.04. The number of carbonyl (C=O) groups is 2. The van der Waals surface area contributed by atoms with Crippen LogP contribution in [-0.2, 0) is 26.0 Å². The lowest BCUT2D eigenvalue weighted by atomic mass is 10.2. The molecule has 4 rings (SSSR count). The van der Waals surface area contributed by atoms with Crippen LogP contribution >= 0.6 is 11.8 Å². The number of amidine groups is 1. The SMILES string of the molecule is CCc1ccc(S(=O)(=O)N=C2S[C@@H](CC(=O)Nc3ccccc3C)C(=O)N2c2ccccc2)cc1. The number of sulfonamides is 1. The Bertz CT molecular complexity index is 1370. The highest BCUT2D eigenvalue weighted by molar-refractivity contribution is 8.16. The molecule has 3 aromatic rings. The highest BCUT2D eigenvalue weighted by Crippen LogP contribution is 2.35. The molecule has 1 aliphatic rings. The molecule has 3 aromatic carbocycles. The molecule has 1 N–H and O–H groups in total. The molecule has 0 aromatic heterocycles. The van der Waals surface area contributed by atoms with Gasteiger partial charge in [-0.15, -0.1) is 4.40 Å². The van der Waals surface area contributed by atoms with Gasteiger partial charge in [0.05, 0.1) is 10.6 Å². The molecule has 1 atom stereocenters. The zero-order chi connectivity index (χ0) is 25.0. The lowest BCUT2D eigenvalue weighted by Crippen LogP contribution is -2.33. The number of amides is 2. The van der Waals surface area contributed by atoms with Crippen LogP contribution in [0.2, 0.25) is 0 Å². The molecular weight excluding hydrogens is 482 g/mol. The van der Waals surface area contributed by atoms with Crippen LogP contribution in [0.15, 0.2) is 88.2 Å². The van der Waals surface area contributed by atoms with Crippen molar-refractivity contribution in [1.82, 2.24) is 0 Å². The number of hydrogen-bond acceptors (Lipinski definition) is 5. The summed E-state index contributed by atoms with van der Waals surface area (Å²) in [4.78, 5) is 27.4. The minimum atomic E-state index is -4.07. The summed E-state index contributed by atoms with van der Waals surface area (Å²) in [6, 6.07) is 22.6. The van der Waals surface area contributed by atoms with Crippen molar-refractivity contribution in [2.45, 2.75) is 36.8 Å². The molecular formula is C26H25N3O4S2. The molecule has 0 radical (unpaired) electrons. The summed E-state index contributed by atoms with van der Waals surface area (Å²) in [5.74, 6) is -0.728. The molecule has 180 valence electrons. The van der Waals surface area contributed by atoms with Crippen molar-refractivity contribution >= 4 is 50.1 Å². The normalized spacial score (nSPS) is 17.1. The number of rotatable bonds is 7. The highest BCUT2D eigenvalue weighted by atomic mass is 32.2. The van der Waals surface area contributed by atoms with Crippen LogP contribution in [0.1, 0.15) is 24.5 Å². The van der Waals surface area contributed by atoms with E-state index in [0.717, 1.165) is 29.3 Å². The monoisotopic (exact) mass is 507 g/mol. The van der Waals surface area contributed by atoms with Gasteiger partial charge < -0.3 is 5.32 Å². The number of carbonyl (C=O) groups excluding carboxylic acids is 2. The molecule has 0 aliphatic carbocycles. The topological polar surface area (TPSA) is 95.9 Å². The second-order valence-corrected chi connectivity index (χ2v) is 10.8. The number of benzene rings is 3. The van der Waals surface area contributed by atoms with E-state index >= 15 is 0 Å². The number of nitrogens with zero attached hydrogens (tertiary/aromatic N) is 2. The van der Waals surface area contributed by atoms with E-state index in [1.54, 1.807) is 48.5 Å². The smallest absolute Gasteiger partial charge is 0.284 e. The quantitative estimate of drug-likeness (QED) is 0.497. The van der Waals surface area contributed by atoms with Crippen molar-refractivity contribution in [2.75, 3.05) is 10.2 Å². The summed E-state index contributed by atoms with van der Waals surface area (Å²) in [7, 11) is -4.07. The Morgan fingerprint density at radius 1 is 1.00 bits per heavy atom. The summed E-state index contributed by atoms with van der Waals surface area (Å²) >= 11 is 0.980. The maximum atomic E-state index is 13.3. The van der Waals surface area contributed by atoms with Crippen LogP contribution < -0.4 is 10.2 Å². The van der Waals surface area contributed by atoms with Gasteiger partial charge in [0.2, 0.25) is 11.8 Å². The highest BCUT2D eigenvalue weighted by Gasteiger charge is 2.41. The Hall–Kier alpha value is -3.43. The number of aryl methyl sites for hydroxylation is 2. The maximum Gasteiger partial charge on any atom is 0.284 e. The summed E-state index contributed by atoms with van der Waals surface area (Å²) in [6.45, 7) is 3.86. The molecule has 35 heavy (non-hydrogen) atoms. The molecule has 7 nitrogen and oxygen atoms in total. The molecule has 1 saturated heterocycles. The molecule has 0 saturated carbocycles. The van der Waals surface area contributed by atoms with Gasteiger partial charge >= 0.3 is 0 Å². The Kier molecular flexibility index (Phi) is 7.37. The average Bonchev–Trinajstić information content (AvgIpc) is 3.14. The summed E-state index contributed by atoms with van der Waals surface area (Å²) < 4.78 is 30.1. The van der Waals surface area contributed by atoms with Gasteiger partial charge in [-0.3, -0.25) is 14.5 Å². The van der Waals surface area contributed by atoms with Crippen LogP contribution in [-0.4, -0.2) is 30.6 Å². The van der Waals surface area contributed by atoms with E-state index in [1.165, 1.54) is 17.0 Å². The first-order chi connectivity index (χ1) is 16.8. The number of para-hydroxylation sites is 2. The van der Waals surface area contributed by atoms with Gasteiger partial charge in [0.15, 0.2) is 5.17 Å². The molecule has 9 heteroatoms. The third-order valence-electron chi connectivity index (χ3n) is 5.57. The molecule has 1 heterocycles. The van der Waals surface area contributed by atoms with Gasteiger partial charge in [-0.25, -0.2) is 0 Å².